The van der Waals surface area contributed by atoms with Crippen molar-refractivity contribution in [1.82, 2.24) is 4.90 Å². The zero-order chi connectivity index (χ0) is 15.4. The Bertz CT molecular complexity index is 475. The van der Waals surface area contributed by atoms with Gasteiger partial charge in [0.1, 0.15) is 5.75 Å². The molecule has 1 aromatic carbocycles. The predicted molar refractivity (Wildman–Crippen MR) is 80.8 cm³/mol. The molecule has 0 aliphatic heterocycles. The lowest BCUT2D eigenvalue weighted by Crippen LogP contribution is -2.52. The maximum absolute atomic E-state index is 12.4. The van der Waals surface area contributed by atoms with Crippen molar-refractivity contribution in [2.45, 2.75) is 50.3 Å². The van der Waals surface area contributed by atoms with E-state index in [-0.39, 0.29) is 17.7 Å². The molecule has 5 heteroatoms. The molecule has 0 radical (unpaired) electrons. The summed E-state index contributed by atoms with van der Waals surface area (Å²) in [5.41, 5.74) is 6.91. The minimum absolute atomic E-state index is 0.128. The van der Waals surface area contributed by atoms with Crippen LogP contribution in [0.5, 0.6) is 5.75 Å². The van der Waals surface area contributed by atoms with Crippen molar-refractivity contribution in [3.63, 3.8) is 0 Å². The van der Waals surface area contributed by atoms with E-state index in [0.29, 0.717) is 6.42 Å². The highest BCUT2D eigenvalue weighted by Crippen LogP contribution is 2.23. The Morgan fingerprint density at radius 3 is 2.57 bits per heavy atom. The highest BCUT2D eigenvalue weighted by Gasteiger charge is 2.31. The highest BCUT2D eigenvalue weighted by atomic mass is 16.3. The molecular formula is C16H24N2O3. The first kappa shape index (κ1) is 15.8. The van der Waals surface area contributed by atoms with Gasteiger partial charge in [-0.25, -0.2) is 0 Å². The van der Waals surface area contributed by atoms with E-state index in [0.717, 1.165) is 31.2 Å². The van der Waals surface area contributed by atoms with Gasteiger partial charge >= 0.3 is 0 Å². The first-order chi connectivity index (χ1) is 9.99. The number of carbonyl (C=O) groups is 1. The van der Waals surface area contributed by atoms with Crippen molar-refractivity contribution in [2.75, 3.05) is 7.05 Å². The number of nitrogens with zero attached hydrogens (tertiary/aromatic N) is 1. The van der Waals surface area contributed by atoms with Crippen molar-refractivity contribution >= 4 is 5.91 Å². The van der Waals surface area contributed by atoms with Gasteiger partial charge in [0, 0.05) is 7.05 Å². The number of amides is 1. The fourth-order valence-corrected chi connectivity index (χ4v) is 2.94. The largest absolute Gasteiger partial charge is 0.508 e. The van der Waals surface area contributed by atoms with E-state index in [2.05, 4.69) is 0 Å². The van der Waals surface area contributed by atoms with E-state index < -0.39 is 12.1 Å². The van der Waals surface area contributed by atoms with Crippen LogP contribution in [0, 0.1) is 0 Å². The van der Waals surface area contributed by atoms with Gasteiger partial charge in [-0.1, -0.05) is 25.0 Å². The maximum Gasteiger partial charge on any atom is 0.239 e. The van der Waals surface area contributed by atoms with E-state index >= 15 is 0 Å². The van der Waals surface area contributed by atoms with Gasteiger partial charge in [0.25, 0.3) is 0 Å². The molecule has 1 saturated carbocycles. The molecule has 21 heavy (non-hydrogen) atoms. The van der Waals surface area contributed by atoms with Gasteiger partial charge in [-0.2, -0.15) is 0 Å². The zero-order valence-electron chi connectivity index (χ0n) is 12.4. The van der Waals surface area contributed by atoms with E-state index in [1.165, 1.54) is 0 Å². The topological polar surface area (TPSA) is 86.8 Å². The van der Waals surface area contributed by atoms with E-state index in [1.807, 2.05) is 0 Å². The Hall–Kier alpha value is -1.59. The number of benzene rings is 1. The minimum atomic E-state index is -0.631. The van der Waals surface area contributed by atoms with Crippen LogP contribution >= 0.6 is 0 Å². The Balaban J connectivity index is 1.96. The van der Waals surface area contributed by atoms with E-state index in [9.17, 15) is 15.0 Å². The van der Waals surface area contributed by atoms with Gasteiger partial charge in [-0.15, -0.1) is 0 Å². The number of nitrogens with two attached hydrogens (primary N) is 1. The van der Waals surface area contributed by atoms with Crippen molar-refractivity contribution in [1.29, 1.82) is 0 Å². The first-order valence-corrected chi connectivity index (χ1v) is 7.47. The molecule has 1 aliphatic rings. The molecule has 0 heterocycles. The molecule has 5 nitrogen and oxygen atoms in total. The summed E-state index contributed by atoms with van der Waals surface area (Å²) in [5, 5.41) is 19.3. The Kier molecular flexibility index (Phi) is 5.20. The molecular weight excluding hydrogens is 268 g/mol. The van der Waals surface area contributed by atoms with Gasteiger partial charge in [-0.3, -0.25) is 4.79 Å². The average molecular weight is 292 g/mol. The molecule has 2 rings (SSSR count). The molecule has 2 unspecified atom stereocenters. The number of likely N-dealkylation sites (N-methyl/N-ethyl adjacent to an activating group) is 1. The van der Waals surface area contributed by atoms with Crippen LogP contribution in [0.25, 0.3) is 0 Å². The quantitative estimate of drug-likeness (QED) is 0.773. The number of phenolic OH excluding ortho intramolecular Hbond substituents is 1. The van der Waals surface area contributed by atoms with Gasteiger partial charge in [0.05, 0.1) is 18.2 Å². The number of hydrogen-bond donors (Lipinski definition) is 3. The highest BCUT2D eigenvalue weighted by molar-refractivity contribution is 5.82. The molecule has 116 valence electrons. The van der Waals surface area contributed by atoms with Crippen LogP contribution in [0.3, 0.4) is 0 Å². The summed E-state index contributed by atoms with van der Waals surface area (Å²) in [6.45, 7) is 0. The zero-order valence-corrected chi connectivity index (χ0v) is 12.4. The molecule has 1 aliphatic carbocycles. The van der Waals surface area contributed by atoms with Crippen LogP contribution in [0.2, 0.25) is 0 Å². The number of aliphatic hydroxyl groups is 1. The Morgan fingerprint density at radius 1 is 1.33 bits per heavy atom. The lowest BCUT2D eigenvalue weighted by atomic mass is 9.91. The molecule has 0 aromatic heterocycles. The van der Waals surface area contributed by atoms with Crippen molar-refractivity contribution in [2.24, 2.45) is 5.73 Å². The smallest absolute Gasteiger partial charge is 0.239 e. The second-order valence-corrected chi connectivity index (χ2v) is 5.85. The van der Waals surface area contributed by atoms with Crippen molar-refractivity contribution < 1.29 is 15.0 Å². The molecule has 1 amide bonds. The summed E-state index contributed by atoms with van der Waals surface area (Å²) in [4.78, 5) is 14.0. The summed E-state index contributed by atoms with van der Waals surface area (Å²) in [6.07, 6.45) is 3.59. The van der Waals surface area contributed by atoms with Crippen LogP contribution in [0.4, 0.5) is 0 Å². The summed E-state index contributed by atoms with van der Waals surface area (Å²) in [6, 6.07) is 5.93. The number of aliphatic hydroxyl groups excluding tert-OH is 1. The van der Waals surface area contributed by atoms with Gasteiger partial charge in [0.15, 0.2) is 0 Å². The molecule has 0 spiro atoms. The van der Waals surface area contributed by atoms with Crippen LogP contribution in [0.15, 0.2) is 24.3 Å². The lowest BCUT2D eigenvalue weighted by molar-refractivity contribution is -0.136. The summed E-state index contributed by atoms with van der Waals surface area (Å²) in [5.74, 6) is 0.0510. The van der Waals surface area contributed by atoms with E-state index in [1.54, 1.807) is 36.2 Å². The fraction of sp³-hybridized carbons (Fsp3) is 0.562. The second kappa shape index (κ2) is 6.91. The molecule has 1 fully saturated rings. The lowest BCUT2D eigenvalue weighted by Gasteiger charge is -2.36. The Morgan fingerprint density at radius 2 is 1.95 bits per heavy atom. The number of rotatable bonds is 4. The summed E-state index contributed by atoms with van der Waals surface area (Å²) >= 11 is 0. The molecule has 0 bridgehead atoms. The summed E-state index contributed by atoms with van der Waals surface area (Å²) < 4.78 is 0. The average Bonchev–Trinajstić information content (AvgIpc) is 2.48. The van der Waals surface area contributed by atoms with E-state index in [4.69, 9.17) is 5.73 Å². The SMILES string of the molecule is CN(C(=O)[C@H](N)Cc1ccc(O)cc1)C1CCCCC1O. The van der Waals surface area contributed by atoms with Gasteiger partial charge in [-0.05, 0) is 37.0 Å². The third-order valence-corrected chi connectivity index (χ3v) is 4.25. The number of phenols is 1. The normalized spacial score (nSPS) is 23.6. The van der Waals surface area contributed by atoms with Crippen LogP contribution < -0.4 is 5.73 Å². The molecule has 4 N–H and O–H groups in total. The predicted octanol–water partition coefficient (Wildman–Crippen LogP) is 1.02. The number of aromatic hydroxyl groups is 1. The van der Waals surface area contributed by atoms with Gasteiger partial charge in [0.2, 0.25) is 5.91 Å². The Labute approximate surface area is 125 Å². The molecule has 0 saturated heterocycles. The number of hydrogen-bond acceptors (Lipinski definition) is 4. The maximum atomic E-state index is 12.4. The standard InChI is InChI=1S/C16H24N2O3/c1-18(14-4-2-3-5-15(14)20)16(21)13(17)10-11-6-8-12(19)9-7-11/h6-9,13-15,19-20H,2-5,10,17H2,1H3/t13-,14?,15?/m1/s1. The minimum Gasteiger partial charge on any atom is -0.508 e. The van der Waals surface area contributed by atoms with Crippen molar-refractivity contribution in [3.8, 4) is 5.75 Å². The van der Waals surface area contributed by atoms with Crippen molar-refractivity contribution in [3.05, 3.63) is 29.8 Å². The third kappa shape index (κ3) is 3.95. The fourth-order valence-electron chi connectivity index (χ4n) is 2.94. The van der Waals surface area contributed by atoms with Crippen LogP contribution in [0.1, 0.15) is 31.2 Å². The van der Waals surface area contributed by atoms with Crippen LogP contribution in [-0.2, 0) is 11.2 Å². The molecule has 1 aromatic rings. The molecule has 3 atom stereocenters. The van der Waals surface area contributed by atoms with Crippen LogP contribution in [-0.4, -0.2) is 46.3 Å². The number of carbonyl (C=O) groups excluding carboxylic acids is 1. The monoisotopic (exact) mass is 292 g/mol. The first-order valence-electron chi connectivity index (χ1n) is 7.47. The summed E-state index contributed by atoms with van der Waals surface area (Å²) in [7, 11) is 1.72. The third-order valence-electron chi connectivity index (χ3n) is 4.25. The van der Waals surface area contributed by atoms with Gasteiger partial charge < -0.3 is 20.8 Å². The second-order valence-electron chi connectivity index (χ2n) is 5.85.